The van der Waals surface area contributed by atoms with Gasteiger partial charge in [-0.15, -0.1) is 0 Å². The van der Waals surface area contributed by atoms with Gasteiger partial charge in [-0.05, 0) is 47.0 Å². The fourth-order valence-corrected chi connectivity index (χ4v) is 5.45. The van der Waals surface area contributed by atoms with Crippen molar-refractivity contribution in [1.82, 2.24) is 9.21 Å². The Morgan fingerprint density at radius 2 is 1.70 bits per heavy atom. The van der Waals surface area contributed by atoms with Crippen LogP contribution in [0.4, 0.5) is 0 Å². The van der Waals surface area contributed by atoms with E-state index < -0.39 is 10.0 Å². The van der Waals surface area contributed by atoms with Gasteiger partial charge < -0.3 is 0 Å². The van der Waals surface area contributed by atoms with Gasteiger partial charge in [0.05, 0.1) is 4.90 Å². The number of hydrogen-bond acceptors (Lipinski definition) is 3. The Balaban J connectivity index is 1.79. The Morgan fingerprint density at radius 1 is 1.05 bits per heavy atom. The van der Waals surface area contributed by atoms with Crippen LogP contribution in [0.15, 0.2) is 32.0 Å². The van der Waals surface area contributed by atoms with E-state index in [0.29, 0.717) is 28.5 Å². The van der Waals surface area contributed by atoms with Crippen LogP contribution in [0, 0.1) is 0 Å². The molecule has 1 aromatic carbocycles. The molecule has 0 radical (unpaired) electrons. The van der Waals surface area contributed by atoms with E-state index in [1.165, 1.54) is 12.8 Å². The number of piperazine rings is 1. The molecule has 1 aliphatic heterocycles. The monoisotopic (exact) mass is 422 g/mol. The molecule has 0 N–H and O–H groups in total. The Bertz CT molecular complexity index is 609. The quantitative estimate of drug-likeness (QED) is 0.750. The highest BCUT2D eigenvalue weighted by Crippen LogP contribution is 2.31. The van der Waals surface area contributed by atoms with Gasteiger partial charge in [0, 0.05) is 41.2 Å². The summed E-state index contributed by atoms with van der Waals surface area (Å²) in [5.41, 5.74) is 0. The number of hydrogen-bond donors (Lipinski definition) is 0. The molecular weight excluding hydrogens is 408 g/mol. The molecule has 0 aromatic heterocycles. The molecule has 2 fully saturated rings. The molecule has 7 heteroatoms. The minimum absolute atomic E-state index is 0.340. The topological polar surface area (TPSA) is 40.6 Å². The number of benzene rings is 1. The van der Waals surface area contributed by atoms with Crippen LogP contribution >= 0.6 is 31.9 Å². The molecule has 20 heavy (non-hydrogen) atoms. The summed E-state index contributed by atoms with van der Waals surface area (Å²) in [5.74, 6) is 0. The van der Waals surface area contributed by atoms with Crippen molar-refractivity contribution in [1.29, 1.82) is 0 Å². The third-order valence-electron chi connectivity index (χ3n) is 3.85. The lowest BCUT2D eigenvalue weighted by molar-refractivity contribution is 0.180. The van der Waals surface area contributed by atoms with Crippen LogP contribution < -0.4 is 0 Å². The van der Waals surface area contributed by atoms with Crippen LogP contribution in [-0.2, 0) is 10.0 Å². The van der Waals surface area contributed by atoms with E-state index in [0.717, 1.165) is 17.6 Å². The number of rotatable bonds is 3. The second-order valence-corrected chi connectivity index (χ2v) is 8.92. The Labute approximate surface area is 136 Å². The maximum absolute atomic E-state index is 12.7. The predicted octanol–water partition coefficient (Wildman–Crippen LogP) is 2.68. The second kappa shape index (κ2) is 5.68. The normalized spacial score (nSPS) is 22.1. The maximum atomic E-state index is 12.7. The van der Waals surface area contributed by atoms with Crippen molar-refractivity contribution in [2.45, 2.75) is 23.8 Å². The summed E-state index contributed by atoms with van der Waals surface area (Å²) < 4.78 is 28.4. The van der Waals surface area contributed by atoms with E-state index in [1.54, 1.807) is 16.4 Å². The number of sulfonamides is 1. The molecule has 0 spiro atoms. The lowest BCUT2D eigenvalue weighted by Gasteiger charge is -2.34. The number of nitrogens with zero attached hydrogens (tertiary/aromatic N) is 2. The first-order chi connectivity index (χ1) is 9.48. The Morgan fingerprint density at radius 3 is 2.30 bits per heavy atom. The van der Waals surface area contributed by atoms with Crippen molar-refractivity contribution < 1.29 is 8.42 Å². The van der Waals surface area contributed by atoms with Crippen molar-refractivity contribution in [3.8, 4) is 0 Å². The van der Waals surface area contributed by atoms with E-state index in [4.69, 9.17) is 0 Å². The van der Waals surface area contributed by atoms with Crippen molar-refractivity contribution in [2.24, 2.45) is 0 Å². The summed E-state index contributed by atoms with van der Waals surface area (Å²) in [6.07, 6.45) is 2.54. The molecule has 110 valence electrons. The zero-order chi connectivity index (χ0) is 14.3. The summed E-state index contributed by atoms with van der Waals surface area (Å²) in [6, 6.07) is 5.95. The van der Waals surface area contributed by atoms with Gasteiger partial charge in [0.25, 0.3) is 0 Å². The average molecular weight is 424 g/mol. The zero-order valence-corrected chi connectivity index (χ0v) is 14.9. The van der Waals surface area contributed by atoms with E-state index >= 15 is 0 Å². The molecule has 1 heterocycles. The van der Waals surface area contributed by atoms with Gasteiger partial charge in [0.1, 0.15) is 0 Å². The van der Waals surface area contributed by atoms with Crippen LogP contribution in [0.25, 0.3) is 0 Å². The van der Waals surface area contributed by atoms with E-state index in [-0.39, 0.29) is 0 Å². The van der Waals surface area contributed by atoms with Crippen LogP contribution in [0.2, 0.25) is 0 Å². The van der Waals surface area contributed by atoms with E-state index in [1.807, 2.05) is 6.07 Å². The molecular formula is C13H16Br2N2O2S. The fourth-order valence-electron chi connectivity index (χ4n) is 2.56. The zero-order valence-electron chi connectivity index (χ0n) is 10.9. The Kier molecular flexibility index (Phi) is 4.25. The second-order valence-electron chi connectivity index (χ2n) is 5.25. The van der Waals surface area contributed by atoms with Gasteiger partial charge >= 0.3 is 0 Å². The third-order valence-corrected chi connectivity index (χ3v) is 7.23. The maximum Gasteiger partial charge on any atom is 0.244 e. The van der Waals surface area contributed by atoms with E-state index in [9.17, 15) is 8.42 Å². The minimum Gasteiger partial charge on any atom is -0.298 e. The standard InChI is InChI=1S/C13H16Br2N2O2S/c14-10-1-4-12(15)13(9-10)20(18,19)17-7-5-16(6-8-17)11-2-3-11/h1,4,9,11H,2-3,5-8H2. The minimum atomic E-state index is -3.41. The highest BCUT2D eigenvalue weighted by molar-refractivity contribution is 9.11. The van der Waals surface area contributed by atoms with Crippen molar-refractivity contribution in [3.63, 3.8) is 0 Å². The third kappa shape index (κ3) is 2.97. The SMILES string of the molecule is O=S(=O)(c1cc(Br)ccc1Br)N1CCN(C2CC2)CC1. The van der Waals surface area contributed by atoms with Crippen molar-refractivity contribution in [2.75, 3.05) is 26.2 Å². The summed E-state index contributed by atoms with van der Waals surface area (Å²) in [5, 5.41) is 0. The number of halogens is 2. The smallest absolute Gasteiger partial charge is 0.244 e. The van der Waals surface area contributed by atoms with Gasteiger partial charge in [0.15, 0.2) is 0 Å². The van der Waals surface area contributed by atoms with Gasteiger partial charge in [-0.2, -0.15) is 4.31 Å². The highest BCUT2D eigenvalue weighted by Gasteiger charge is 2.35. The van der Waals surface area contributed by atoms with Gasteiger partial charge in [0.2, 0.25) is 10.0 Å². The molecule has 1 saturated heterocycles. The van der Waals surface area contributed by atoms with Gasteiger partial charge in [-0.1, -0.05) is 15.9 Å². The molecule has 0 unspecified atom stereocenters. The first-order valence-corrected chi connectivity index (χ1v) is 9.70. The largest absolute Gasteiger partial charge is 0.298 e. The molecule has 1 aliphatic carbocycles. The molecule has 3 rings (SSSR count). The summed E-state index contributed by atoms with van der Waals surface area (Å²) >= 11 is 6.68. The molecule has 1 saturated carbocycles. The molecule has 0 amide bonds. The Hall–Kier alpha value is 0.0500. The molecule has 0 bridgehead atoms. The molecule has 4 nitrogen and oxygen atoms in total. The van der Waals surface area contributed by atoms with E-state index in [2.05, 4.69) is 36.8 Å². The van der Waals surface area contributed by atoms with Crippen molar-refractivity contribution in [3.05, 3.63) is 27.1 Å². The van der Waals surface area contributed by atoms with Crippen molar-refractivity contribution >= 4 is 41.9 Å². The predicted molar refractivity (Wildman–Crippen MR) is 85.2 cm³/mol. The average Bonchev–Trinajstić information content (AvgIpc) is 3.26. The molecule has 1 aromatic rings. The van der Waals surface area contributed by atoms with Crippen LogP contribution in [0.3, 0.4) is 0 Å². The molecule has 2 aliphatic rings. The van der Waals surface area contributed by atoms with Crippen LogP contribution in [-0.4, -0.2) is 49.8 Å². The highest BCUT2D eigenvalue weighted by atomic mass is 79.9. The lowest BCUT2D eigenvalue weighted by Crippen LogP contribution is -2.49. The molecule has 0 atom stereocenters. The first kappa shape index (κ1) is 15.0. The first-order valence-electron chi connectivity index (χ1n) is 6.68. The summed E-state index contributed by atoms with van der Waals surface area (Å²) in [7, 11) is -3.41. The van der Waals surface area contributed by atoms with Gasteiger partial charge in [-0.25, -0.2) is 8.42 Å². The van der Waals surface area contributed by atoms with Crippen LogP contribution in [0.5, 0.6) is 0 Å². The lowest BCUT2D eigenvalue weighted by atomic mass is 10.3. The summed E-state index contributed by atoms with van der Waals surface area (Å²) in [6.45, 7) is 2.85. The summed E-state index contributed by atoms with van der Waals surface area (Å²) in [4.78, 5) is 2.74. The van der Waals surface area contributed by atoms with Crippen LogP contribution in [0.1, 0.15) is 12.8 Å². The fraction of sp³-hybridized carbons (Fsp3) is 0.538. The van der Waals surface area contributed by atoms with Gasteiger partial charge in [-0.3, -0.25) is 4.90 Å².